The third-order valence-corrected chi connectivity index (χ3v) is 8.19. The van der Waals surface area contributed by atoms with E-state index in [2.05, 4.69) is 5.32 Å². The second-order valence-electron chi connectivity index (χ2n) is 7.99. The van der Waals surface area contributed by atoms with Gasteiger partial charge in [0, 0.05) is 31.6 Å². The average Bonchev–Trinajstić information content (AvgIpc) is 3.04. The lowest BCUT2D eigenvalue weighted by molar-refractivity contribution is -0.136. The molecule has 10 heteroatoms. The van der Waals surface area contributed by atoms with E-state index in [-0.39, 0.29) is 42.5 Å². The molecule has 1 atom stereocenters. The van der Waals surface area contributed by atoms with E-state index in [9.17, 15) is 27.2 Å². The highest BCUT2D eigenvalue weighted by atomic mass is 32.2. The summed E-state index contributed by atoms with van der Waals surface area (Å²) in [6.07, 6.45) is 1.49. The van der Waals surface area contributed by atoms with E-state index in [1.807, 2.05) is 0 Å². The van der Waals surface area contributed by atoms with Crippen molar-refractivity contribution in [1.29, 1.82) is 0 Å². The minimum atomic E-state index is -3.26. The van der Waals surface area contributed by atoms with Crippen LogP contribution >= 0.6 is 0 Å². The van der Waals surface area contributed by atoms with Crippen LogP contribution in [0.3, 0.4) is 0 Å². The predicted molar refractivity (Wildman–Crippen MR) is 105 cm³/mol. The summed E-state index contributed by atoms with van der Waals surface area (Å²) >= 11 is 0. The molecule has 0 aromatic heterocycles. The molecule has 0 bridgehead atoms. The first-order chi connectivity index (χ1) is 14.2. The number of halogens is 1. The van der Waals surface area contributed by atoms with E-state index < -0.39 is 33.7 Å². The molecule has 1 N–H and O–H groups in total. The van der Waals surface area contributed by atoms with Crippen LogP contribution in [0.5, 0.6) is 0 Å². The summed E-state index contributed by atoms with van der Waals surface area (Å²) < 4.78 is 40.0. The molecule has 1 aromatic carbocycles. The maximum Gasteiger partial charge on any atom is 0.255 e. The second kappa shape index (κ2) is 7.73. The number of sulfonamides is 1. The van der Waals surface area contributed by atoms with Crippen LogP contribution in [0.15, 0.2) is 12.1 Å². The fourth-order valence-corrected chi connectivity index (χ4v) is 5.78. The number of carbonyl (C=O) groups excluding carboxylic acids is 3. The van der Waals surface area contributed by atoms with E-state index in [4.69, 9.17) is 0 Å². The predicted octanol–water partition coefficient (Wildman–Crippen LogP) is 1.12. The highest BCUT2D eigenvalue weighted by Crippen LogP contribution is 2.38. The zero-order valence-corrected chi connectivity index (χ0v) is 17.5. The summed E-state index contributed by atoms with van der Waals surface area (Å²) in [5, 5.41) is 2.26. The van der Waals surface area contributed by atoms with Crippen LogP contribution in [0.2, 0.25) is 0 Å². The van der Waals surface area contributed by atoms with Gasteiger partial charge in [-0.05, 0) is 55.4 Å². The molecule has 3 aliphatic rings. The smallest absolute Gasteiger partial charge is 0.255 e. The molecule has 2 fully saturated rings. The number of rotatable bonds is 4. The van der Waals surface area contributed by atoms with Gasteiger partial charge in [-0.3, -0.25) is 19.7 Å². The third kappa shape index (κ3) is 3.62. The van der Waals surface area contributed by atoms with Gasteiger partial charge in [0.2, 0.25) is 21.8 Å². The van der Waals surface area contributed by atoms with Gasteiger partial charge >= 0.3 is 0 Å². The lowest BCUT2D eigenvalue weighted by Gasteiger charge is -2.32. The molecule has 3 aliphatic heterocycles. The number of fused-ring (bicyclic) bond motifs is 1. The fraction of sp³-hybridized carbons (Fsp3) is 0.550. The Balaban J connectivity index is 1.58. The maximum atomic E-state index is 14.4. The summed E-state index contributed by atoms with van der Waals surface area (Å²) in [4.78, 5) is 38.0. The van der Waals surface area contributed by atoms with E-state index in [1.165, 1.54) is 21.3 Å². The van der Waals surface area contributed by atoms with Crippen LogP contribution in [0, 0.1) is 5.82 Å². The SMILES string of the molecule is CCS(=O)(=O)N1CCC(c2cc(F)cc3c2CN(C2CCC(=O)NC2=O)C3=O)CC1. The van der Waals surface area contributed by atoms with Crippen LogP contribution in [-0.2, 0) is 26.2 Å². The molecular formula is C20H24FN3O5S. The van der Waals surface area contributed by atoms with Crippen LogP contribution in [-0.4, -0.2) is 60.2 Å². The monoisotopic (exact) mass is 437 g/mol. The summed E-state index contributed by atoms with van der Waals surface area (Å²) in [7, 11) is -3.26. The van der Waals surface area contributed by atoms with Crippen molar-refractivity contribution in [2.45, 2.75) is 51.1 Å². The molecule has 2 saturated heterocycles. The molecule has 4 rings (SSSR count). The Labute approximate surface area is 174 Å². The minimum Gasteiger partial charge on any atom is -0.322 e. The van der Waals surface area contributed by atoms with Crippen LogP contribution in [0.1, 0.15) is 60.0 Å². The number of hydrogen-bond acceptors (Lipinski definition) is 5. The lowest BCUT2D eigenvalue weighted by Crippen LogP contribution is -2.52. The van der Waals surface area contributed by atoms with E-state index in [0.29, 0.717) is 37.1 Å². The Kier molecular flexibility index (Phi) is 5.39. The highest BCUT2D eigenvalue weighted by Gasteiger charge is 2.41. The fourth-order valence-electron chi connectivity index (χ4n) is 4.65. The van der Waals surface area contributed by atoms with Crippen molar-refractivity contribution in [2.24, 2.45) is 0 Å². The molecule has 0 saturated carbocycles. The van der Waals surface area contributed by atoms with Crippen LogP contribution < -0.4 is 5.32 Å². The molecule has 3 amide bonds. The molecule has 0 spiro atoms. The van der Waals surface area contributed by atoms with Gasteiger partial charge in [-0.1, -0.05) is 0 Å². The van der Waals surface area contributed by atoms with Gasteiger partial charge in [0.05, 0.1) is 5.75 Å². The van der Waals surface area contributed by atoms with E-state index >= 15 is 0 Å². The summed E-state index contributed by atoms with van der Waals surface area (Å²) in [6.45, 7) is 2.51. The summed E-state index contributed by atoms with van der Waals surface area (Å²) in [6, 6.07) is 1.87. The Morgan fingerprint density at radius 1 is 1.13 bits per heavy atom. The minimum absolute atomic E-state index is 0.0441. The summed E-state index contributed by atoms with van der Waals surface area (Å²) in [5.74, 6) is -1.82. The number of piperidine rings is 2. The second-order valence-corrected chi connectivity index (χ2v) is 10.3. The summed E-state index contributed by atoms with van der Waals surface area (Å²) in [5.41, 5.74) is 1.66. The molecule has 8 nitrogen and oxygen atoms in total. The van der Waals surface area contributed by atoms with Gasteiger partial charge in [0.25, 0.3) is 5.91 Å². The first-order valence-corrected chi connectivity index (χ1v) is 11.8. The zero-order valence-electron chi connectivity index (χ0n) is 16.7. The standard InChI is InChI=1S/C20H24FN3O5S/c1-2-30(28,29)23-7-5-12(6-8-23)14-9-13(21)10-15-16(14)11-24(20(15)27)17-3-4-18(25)22-19(17)26/h9-10,12,17H,2-8,11H2,1H3,(H,22,25,26). The number of nitrogens with zero attached hydrogens (tertiary/aromatic N) is 2. The quantitative estimate of drug-likeness (QED) is 0.711. The normalized spacial score (nSPS) is 23.6. The van der Waals surface area contributed by atoms with Gasteiger partial charge < -0.3 is 4.90 Å². The molecule has 162 valence electrons. The van der Waals surface area contributed by atoms with Crippen molar-refractivity contribution < 1.29 is 27.2 Å². The number of nitrogens with one attached hydrogen (secondary N) is 1. The number of benzene rings is 1. The Morgan fingerprint density at radius 2 is 1.83 bits per heavy atom. The average molecular weight is 437 g/mol. The van der Waals surface area contributed by atoms with Crippen molar-refractivity contribution in [3.8, 4) is 0 Å². The van der Waals surface area contributed by atoms with Crippen molar-refractivity contribution in [3.05, 3.63) is 34.6 Å². The van der Waals surface area contributed by atoms with Gasteiger partial charge in [0.15, 0.2) is 0 Å². The van der Waals surface area contributed by atoms with Crippen LogP contribution in [0.4, 0.5) is 4.39 Å². The number of hydrogen-bond donors (Lipinski definition) is 1. The lowest BCUT2D eigenvalue weighted by atomic mass is 9.86. The van der Waals surface area contributed by atoms with Crippen molar-refractivity contribution >= 4 is 27.7 Å². The van der Waals surface area contributed by atoms with Gasteiger partial charge in [-0.15, -0.1) is 0 Å². The Hall–Kier alpha value is -2.33. The number of carbonyl (C=O) groups is 3. The van der Waals surface area contributed by atoms with Crippen molar-refractivity contribution in [3.63, 3.8) is 0 Å². The molecule has 1 unspecified atom stereocenters. The highest BCUT2D eigenvalue weighted by molar-refractivity contribution is 7.89. The van der Waals surface area contributed by atoms with Gasteiger partial charge in [-0.25, -0.2) is 17.1 Å². The molecule has 0 radical (unpaired) electrons. The largest absolute Gasteiger partial charge is 0.322 e. The van der Waals surface area contributed by atoms with Crippen molar-refractivity contribution in [1.82, 2.24) is 14.5 Å². The Morgan fingerprint density at radius 3 is 2.47 bits per heavy atom. The van der Waals surface area contributed by atoms with Crippen molar-refractivity contribution in [2.75, 3.05) is 18.8 Å². The van der Waals surface area contributed by atoms with E-state index in [0.717, 1.165) is 0 Å². The zero-order chi connectivity index (χ0) is 21.6. The van der Waals surface area contributed by atoms with E-state index in [1.54, 1.807) is 6.92 Å². The first-order valence-electron chi connectivity index (χ1n) is 10.2. The topological polar surface area (TPSA) is 104 Å². The molecule has 3 heterocycles. The number of imide groups is 1. The van der Waals surface area contributed by atoms with Gasteiger partial charge in [0.1, 0.15) is 11.9 Å². The molecular weight excluding hydrogens is 413 g/mol. The Bertz CT molecular complexity index is 1020. The van der Waals surface area contributed by atoms with Gasteiger partial charge in [-0.2, -0.15) is 0 Å². The first kappa shape index (κ1) is 20.9. The van der Waals surface area contributed by atoms with Crippen LogP contribution in [0.25, 0.3) is 0 Å². The number of amides is 3. The molecule has 30 heavy (non-hydrogen) atoms. The molecule has 0 aliphatic carbocycles. The maximum absolute atomic E-state index is 14.4. The molecule has 1 aromatic rings. The third-order valence-electron chi connectivity index (χ3n) is 6.31.